The number of nitrogens with two attached hydrogens (primary N) is 1. The predicted molar refractivity (Wildman–Crippen MR) is 78.0 cm³/mol. The molecule has 2 N–H and O–H groups in total. The maximum Gasteiger partial charge on any atom is 0.0983 e. The summed E-state index contributed by atoms with van der Waals surface area (Å²) in [6, 6.07) is 14.4. The smallest absolute Gasteiger partial charge is 0.0983 e. The number of benzene rings is 2. The van der Waals surface area contributed by atoms with E-state index in [0.29, 0.717) is 0 Å². The number of aromatic nitrogens is 1. The Morgan fingerprint density at radius 1 is 1.17 bits per heavy atom. The maximum atomic E-state index is 6.01. The van der Waals surface area contributed by atoms with E-state index in [1.807, 2.05) is 24.3 Å². The third kappa shape index (κ3) is 2.09. The quantitative estimate of drug-likeness (QED) is 0.707. The number of anilines is 1. The molecule has 18 heavy (non-hydrogen) atoms. The second-order valence-corrected chi connectivity index (χ2v) is 5.57. The monoisotopic (exact) mass is 254 g/mol. The summed E-state index contributed by atoms with van der Waals surface area (Å²) in [5.41, 5.74) is 10.3. The molecule has 1 aromatic heterocycles. The summed E-state index contributed by atoms with van der Waals surface area (Å²) in [6.45, 7) is 2.08. The first-order valence-corrected chi connectivity index (χ1v) is 6.73. The fraction of sp³-hybridized carbons (Fsp3) is 0.133. The zero-order valence-corrected chi connectivity index (χ0v) is 11.0. The number of hydrogen-bond acceptors (Lipinski definition) is 3. The van der Waals surface area contributed by atoms with Crippen LogP contribution in [0.3, 0.4) is 0 Å². The Hall–Kier alpha value is -1.87. The average Bonchev–Trinajstić information content (AvgIpc) is 2.76. The average molecular weight is 254 g/mol. The van der Waals surface area contributed by atoms with Gasteiger partial charge in [0.15, 0.2) is 0 Å². The first-order chi connectivity index (χ1) is 8.72. The largest absolute Gasteiger partial charge is 0.398 e. The predicted octanol–water partition coefficient (Wildman–Crippen LogP) is 3.78. The summed E-state index contributed by atoms with van der Waals surface area (Å²) < 4.78 is 1.23. The molecule has 0 amide bonds. The molecular weight excluding hydrogens is 240 g/mol. The number of nitrogens with zero attached hydrogens (tertiary/aromatic N) is 1. The Kier molecular flexibility index (Phi) is 2.76. The Morgan fingerprint density at radius 3 is 2.83 bits per heavy atom. The van der Waals surface area contributed by atoms with E-state index in [-0.39, 0.29) is 0 Å². The number of aryl methyl sites for hydroxylation is 1. The van der Waals surface area contributed by atoms with Gasteiger partial charge in [-0.15, -0.1) is 11.3 Å². The molecule has 3 aromatic rings. The van der Waals surface area contributed by atoms with Crippen molar-refractivity contribution in [1.82, 2.24) is 4.98 Å². The third-order valence-electron chi connectivity index (χ3n) is 2.98. The molecule has 0 aliphatic carbocycles. The van der Waals surface area contributed by atoms with Gasteiger partial charge in [0.1, 0.15) is 0 Å². The van der Waals surface area contributed by atoms with E-state index in [1.165, 1.54) is 10.3 Å². The van der Waals surface area contributed by atoms with Crippen LogP contribution in [0.2, 0.25) is 0 Å². The van der Waals surface area contributed by atoms with Gasteiger partial charge in [0.05, 0.1) is 15.2 Å². The van der Waals surface area contributed by atoms with E-state index < -0.39 is 0 Å². The lowest BCUT2D eigenvalue weighted by Crippen LogP contribution is -1.95. The molecule has 0 saturated heterocycles. The van der Waals surface area contributed by atoms with E-state index in [1.54, 1.807) is 11.3 Å². The van der Waals surface area contributed by atoms with Gasteiger partial charge in [-0.05, 0) is 30.7 Å². The van der Waals surface area contributed by atoms with E-state index in [9.17, 15) is 0 Å². The van der Waals surface area contributed by atoms with Crippen molar-refractivity contribution in [3.05, 3.63) is 58.6 Å². The molecule has 0 fully saturated rings. The molecule has 0 atom stereocenters. The fourth-order valence-electron chi connectivity index (χ4n) is 2.05. The van der Waals surface area contributed by atoms with Crippen molar-refractivity contribution in [2.75, 3.05) is 5.73 Å². The normalized spacial score (nSPS) is 10.9. The van der Waals surface area contributed by atoms with Gasteiger partial charge in [0.2, 0.25) is 0 Å². The summed E-state index contributed by atoms with van der Waals surface area (Å²) in [5.74, 6) is 0. The lowest BCUT2D eigenvalue weighted by atomic mass is 10.1. The van der Waals surface area contributed by atoms with Gasteiger partial charge in [0, 0.05) is 12.1 Å². The zero-order valence-electron chi connectivity index (χ0n) is 10.2. The van der Waals surface area contributed by atoms with Crippen molar-refractivity contribution in [3.8, 4) is 0 Å². The van der Waals surface area contributed by atoms with Gasteiger partial charge in [-0.2, -0.15) is 0 Å². The Labute approximate surface area is 110 Å². The maximum absolute atomic E-state index is 6.01. The molecule has 0 spiro atoms. The molecule has 3 heteroatoms. The number of fused-ring (bicyclic) bond motifs is 1. The highest BCUT2D eigenvalue weighted by molar-refractivity contribution is 7.18. The van der Waals surface area contributed by atoms with E-state index in [2.05, 4.69) is 30.1 Å². The lowest BCUT2D eigenvalue weighted by Gasteiger charge is -2.04. The SMILES string of the molecule is Cc1ccc(N)c(Cc2nc3ccccc3s2)c1. The van der Waals surface area contributed by atoms with Crippen LogP contribution in [0.15, 0.2) is 42.5 Å². The third-order valence-corrected chi connectivity index (χ3v) is 4.01. The van der Waals surface area contributed by atoms with Crippen LogP contribution in [0.25, 0.3) is 10.2 Å². The van der Waals surface area contributed by atoms with Crippen molar-refractivity contribution < 1.29 is 0 Å². The number of nitrogen functional groups attached to an aromatic ring is 1. The van der Waals surface area contributed by atoms with Crippen LogP contribution in [-0.4, -0.2) is 4.98 Å². The van der Waals surface area contributed by atoms with Crippen LogP contribution in [0.5, 0.6) is 0 Å². The first-order valence-electron chi connectivity index (χ1n) is 5.92. The molecule has 0 unspecified atom stereocenters. The van der Waals surface area contributed by atoms with Crippen molar-refractivity contribution in [3.63, 3.8) is 0 Å². The highest BCUT2D eigenvalue weighted by Crippen LogP contribution is 2.25. The Balaban J connectivity index is 1.98. The molecule has 2 aromatic carbocycles. The minimum Gasteiger partial charge on any atom is -0.398 e. The summed E-state index contributed by atoms with van der Waals surface area (Å²) in [5, 5.41) is 1.12. The topological polar surface area (TPSA) is 38.9 Å². The van der Waals surface area contributed by atoms with E-state index in [0.717, 1.165) is 28.2 Å². The Bertz CT molecular complexity index is 668. The molecular formula is C15H14N2S. The first kappa shape index (κ1) is 11.2. The highest BCUT2D eigenvalue weighted by atomic mass is 32.1. The summed E-state index contributed by atoms with van der Waals surface area (Å²) in [7, 11) is 0. The molecule has 1 heterocycles. The van der Waals surface area contributed by atoms with Crippen LogP contribution in [0.4, 0.5) is 5.69 Å². The second-order valence-electron chi connectivity index (χ2n) is 4.45. The van der Waals surface area contributed by atoms with E-state index >= 15 is 0 Å². The van der Waals surface area contributed by atoms with Crippen molar-refractivity contribution in [2.24, 2.45) is 0 Å². The van der Waals surface area contributed by atoms with Crippen LogP contribution in [-0.2, 0) is 6.42 Å². The minimum absolute atomic E-state index is 0.812. The van der Waals surface area contributed by atoms with Crippen molar-refractivity contribution in [2.45, 2.75) is 13.3 Å². The van der Waals surface area contributed by atoms with E-state index in [4.69, 9.17) is 5.73 Å². The molecule has 0 bridgehead atoms. The van der Waals surface area contributed by atoms with Crippen LogP contribution < -0.4 is 5.73 Å². The Morgan fingerprint density at radius 2 is 2.00 bits per heavy atom. The summed E-state index contributed by atoms with van der Waals surface area (Å²) >= 11 is 1.74. The number of hydrogen-bond donors (Lipinski definition) is 1. The van der Waals surface area contributed by atoms with Gasteiger partial charge in [-0.1, -0.05) is 29.8 Å². The van der Waals surface area contributed by atoms with Gasteiger partial charge in [-0.3, -0.25) is 0 Å². The molecule has 0 radical (unpaired) electrons. The van der Waals surface area contributed by atoms with Gasteiger partial charge < -0.3 is 5.73 Å². The van der Waals surface area contributed by atoms with Gasteiger partial charge in [-0.25, -0.2) is 4.98 Å². The van der Waals surface area contributed by atoms with Gasteiger partial charge in [0.25, 0.3) is 0 Å². The summed E-state index contributed by atoms with van der Waals surface area (Å²) in [4.78, 5) is 4.64. The number of rotatable bonds is 2. The van der Waals surface area contributed by atoms with Crippen molar-refractivity contribution in [1.29, 1.82) is 0 Å². The van der Waals surface area contributed by atoms with Crippen LogP contribution in [0, 0.1) is 6.92 Å². The molecule has 2 nitrogen and oxygen atoms in total. The standard InChI is InChI=1S/C15H14N2S/c1-10-6-7-12(16)11(8-10)9-15-17-13-4-2-3-5-14(13)18-15/h2-8H,9,16H2,1H3. The molecule has 0 saturated carbocycles. The number of para-hydroxylation sites is 1. The molecule has 0 aliphatic heterocycles. The fourth-order valence-corrected chi connectivity index (χ4v) is 3.04. The van der Waals surface area contributed by atoms with Crippen LogP contribution in [0.1, 0.15) is 16.1 Å². The summed E-state index contributed by atoms with van der Waals surface area (Å²) in [6.07, 6.45) is 0.812. The lowest BCUT2D eigenvalue weighted by molar-refractivity contribution is 1.15. The van der Waals surface area contributed by atoms with Crippen LogP contribution >= 0.6 is 11.3 Å². The molecule has 0 aliphatic rings. The zero-order chi connectivity index (χ0) is 12.5. The highest BCUT2D eigenvalue weighted by Gasteiger charge is 2.06. The molecule has 90 valence electrons. The second kappa shape index (κ2) is 4.42. The number of thiazole rings is 1. The molecule has 3 rings (SSSR count). The van der Waals surface area contributed by atoms with Crippen molar-refractivity contribution >= 4 is 27.2 Å². The minimum atomic E-state index is 0.812. The van der Waals surface area contributed by atoms with Gasteiger partial charge >= 0.3 is 0 Å².